The predicted molar refractivity (Wildman–Crippen MR) is 82.2 cm³/mol. The Labute approximate surface area is 118 Å². The molecule has 1 heterocycles. The molecule has 1 N–H and O–H groups in total. The zero-order valence-corrected chi connectivity index (χ0v) is 12.8. The summed E-state index contributed by atoms with van der Waals surface area (Å²) in [6, 6.07) is 11.3. The Kier molecular flexibility index (Phi) is 4.64. The second kappa shape index (κ2) is 6.06. The number of piperazine rings is 1. The summed E-state index contributed by atoms with van der Waals surface area (Å²) in [7, 11) is 0. The third-order valence-corrected chi connectivity index (χ3v) is 4.47. The maximum Gasteiger partial charge on any atom is 0.0449 e. The normalized spacial score (nSPS) is 23.3. The molecule has 1 aromatic carbocycles. The van der Waals surface area contributed by atoms with E-state index in [4.69, 9.17) is 0 Å². The number of hydrogen-bond acceptors (Lipinski definition) is 2. The van der Waals surface area contributed by atoms with Crippen molar-refractivity contribution in [3.8, 4) is 0 Å². The summed E-state index contributed by atoms with van der Waals surface area (Å²) in [4.78, 5) is 2.62. The van der Waals surface area contributed by atoms with Crippen LogP contribution in [-0.4, -0.2) is 31.1 Å². The highest BCUT2D eigenvalue weighted by Crippen LogP contribution is 2.27. The molecule has 0 amide bonds. The van der Waals surface area contributed by atoms with Gasteiger partial charge in [0.15, 0.2) is 0 Å². The maximum absolute atomic E-state index is 3.64. The molecular formula is C17H28N2. The van der Waals surface area contributed by atoms with Gasteiger partial charge >= 0.3 is 0 Å². The van der Waals surface area contributed by atoms with E-state index in [1.807, 2.05) is 0 Å². The van der Waals surface area contributed by atoms with E-state index in [0.29, 0.717) is 11.5 Å². The fourth-order valence-corrected chi connectivity index (χ4v) is 2.55. The van der Waals surface area contributed by atoms with Crippen LogP contribution in [0, 0.1) is 11.3 Å². The third kappa shape index (κ3) is 4.05. The molecule has 1 saturated heterocycles. The Balaban J connectivity index is 1.94. The van der Waals surface area contributed by atoms with Crippen molar-refractivity contribution in [3.05, 3.63) is 35.9 Å². The first-order valence-corrected chi connectivity index (χ1v) is 7.47. The van der Waals surface area contributed by atoms with Gasteiger partial charge in [0.1, 0.15) is 0 Å². The van der Waals surface area contributed by atoms with Crippen molar-refractivity contribution in [3.63, 3.8) is 0 Å². The highest BCUT2D eigenvalue weighted by molar-refractivity contribution is 5.19. The largest absolute Gasteiger partial charge is 0.308 e. The minimum Gasteiger partial charge on any atom is -0.308 e. The average molecular weight is 260 g/mol. The molecule has 0 radical (unpaired) electrons. The van der Waals surface area contributed by atoms with E-state index in [1.165, 1.54) is 18.7 Å². The van der Waals surface area contributed by atoms with E-state index in [9.17, 15) is 0 Å². The van der Waals surface area contributed by atoms with Gasteiger partial charge in [0.2, 0.25) is 0 Å². The molecule has 19 heavy (non-hydrogen) atoms. The Bertz CT molecular complexity index is 380. The van der Waals surface area contributed by atoms with E-state index in [2.05, 4.69) is 68.2 Å². The molecule has 1 aliphatic heterocycles. The van der Waals surface area contributed by atoms with Crippen LogP contribution < -0.4 is 5.32 Å². The fraction of sp³-hybridized carbons (Fsp3) is 0.647. The minimum atomic E-state index is 0.396. The summed E-state index contributed by atoms with van der Waals surface area (Å²) in [5.41, 5.74) is 1.81. The van der Waals surface area contributed by atoms with Gasteiger partial charge in [0, 0.05) is 32.2 Å². The maximum atomic E-state index is 3.64. The lowest BCUT2D eigenvalue weighted by Gasteiger charge is -2.38. The fourth-order valence-electron chi connectivity index (χ4n) is 2.55. The van der Waals surface area contributed by atoms with Gasteiger partial charge in [0.05, 0.1) is 0 Å². The Morgan fingerprint density at radius 2 is 1.95 bits per heavy atom. The molecule has 1 aromatic rings. The lowest BCUT2D eigenvalue weighted by Crippen LogP contribution is -2.48. The van der Waals surface area contributed by atoms with E-state index < -0.39 is 0 Å². The van der Waals surface area contributed by atoms with Crippen LogP contribution in [0.5, 0.6) is 0 Å². The van der Waals surface area contributed by atoms with E-state index in [0.717, 1.165) is 19.0 Å². The molecular weight excluding hydrogens is 232 g/mol. The van der Waals surface area contributed by atoms with Crippen LogP contribution in [0.25, 0.3) is 0 Å². The number of nitrogens with zero attached hydrogens (tertiary/aromatic N) is 1. The van der Waals surface area contributed by atoms with Crippen molar-refractivity contribution >= 4 is 0 Å². The van der Waals surface area contributed by atoms with Gasteiger partial charge in [-0.05, 0) is 16.9 Å². The number of hydrogen-bond donors (Lipinski definition) is 1. The molecule has 0 spiro atoms. The monoisotopic (exact) mass is 260 g/mol. The van der Waals surface area contributed by atoms with Crippen LogP contribution in [0.3, 0.4) is 0 Å². The minimum absolute atomic E-state index is 0.396. The summed E-state index contributed by atoms with van der Waals surface area (Å²) in [6.07, 6.45) is 0. The Hall–Kier alpha value is -0.860. The molecule has 2 heteroatoms. The van der Waals surface area contributed by atoms with Gasteiger partial charge in [-0.2, -0.15) is 0 Å². The van der Waals surface area contributed by atoms with E-state index in [1.54, 1.807) is 0 Å². The molecule has 1 fully saturated rings. The van der Waals surface area contributed by atoms with Crippen molar-refractivity contribution in [2.45, 2.75) is 33.7 Å². The van der Waals surface area contributed by atoms with Crippen LogP contribution in [0.2, 0.25) is 0 Å². The van der Waals surface area contributed by atoms with Gasteiger partial charge < -0.3 is 5.32 Å². The SMILES string of the molecule is CC(CN1CCNC(c2ccccc2)C1)C(C)(C)C. The van der Waals surface area contributed by atoms with Crippen molar-refractivity contribution in [2.75, 3.05) is 26.2 Å². The summed E-state index contributed by atoms with van der Waals surface area (Å²) >= 11 is 0. The van der Waals surface area contributed by atoms with Crippen molar-refractivity contribution in [2.24, 2.45) is 11.3 Å². The van der Waals surface area contributed by atoms with Gasteiger partial charge in [-0.25, -0.2) is 0 Å². The van der Waals surface area contributed by atoms with E-state index in [-0.39, 0.29) is 0 Å². The first-order valence-electron chi connectivity index (χ1n) is 7.47. The zero-order chi connectivity index (χ0) is 13.9. The summed E-state index contributed by atoms with van der Waals surface area (Å²) in [6.45, 7) is 14.0. The van der Waals surface area contributed by atoms with Crippen molar-refractivity contribution in [1.82, 2.24) is 10.2 Å². The highest BCUT2D eigenvalue weighted by atomic mass is 15.2. The molecule has 2 rings (SSSR count). The number of benzene rings is 1. The number of rotatable bonds is 3. The summed E-state index contributed by atoms with van der Waals surface area (Å²) < 4.78 is 0. The van der Waals surface area contributed by atoms with Crippen LogP contribution in [0.15, 0.2) is 30.3 Å². The zero-order valence-electron chi connectivity index (χ0n) is 12.8. The molecule has 2 atom stereocenters. The average Bonchev–Trinajstić information content (AvgIpc) is 2.39. The molecule has 2 unspecified atom stereocenters. The van der Waals surface area contributed by atoms with Crippen molar-refractivity contribution in [1.29, 1.82) is 0 Å². The van der Waals surface area contributed by atoms with Crippen LogP contribution >= 0.6 is 0 Å². The van der Waals surface area contributed by atoms with Crippen molar-refractivity contribution < 1.29 is 0 Å². The summed E-state index contributed by atoms with van der Waals surface area (Å²) in [5, 5.41) is 3.64. The molecule has 2 nitrogen and oxygen atoms in total. The smallest absolute Gasteiger partial charge is 0.0449 e. The van der Waals surface area contributed by atoms with Crippen LogP contribution in [-0.2, 0) is 0 Å². The lowest BCUT2D eigenvalue weighted by molar-refractivity contribution is 0.130. The van der Waals surface area contributed by atoms with Gasteiger partial charge in [-0.3, -0.25) is 4.90 Å². The van der Waals surface area contributed by atoms with Crippen LogP contribution in [0.1, 0.15) is 39.3 Å². The van der Waals surface area contributed by atoms with Gasteiger partial charge in [-0.1, -0.05) is 58.0 Å². The molecule has 1 aliphatic rings. The first kappa shape index (κ1) is 14.5. The van der Waals surface area contributed by atoms with Gasteiger partial charge in [-0.15, -0.1) is 0 Å². The standard InChI is InChI=1S/C17H28N2/c1-14(17(2,3)4)12-19-11-10-18-16(13-19)15-8-6-5-7-9-15/h5-9,14,16,18H,10-13H2,1-4H3. The van der Waals surface area contributed by atoms with Gasteiger partial charge in [0.25, 0.3) is 0 Å². The Morgan fingerprint density at radius 1 is 1.26 bits per heavy atom. The lowest BCUT2D eigenvalue weighted by atomic mass is 9.81. The molecule has 0 aliphatic carbocycles. The topological polar surface area (TPSA) is 15.3 Å². The van der Waals surface area contributed by atoms with Crippen LogP contribution in [0.4, 0.5) is 0 Å². The number of nitrogens with one attached hydrogen (secondary N) is 1. The molecule has 0 saturated carbocycles. The molecule has 0 bridgehead atoms. The highest BCUT2D eigenvalue weighted by Gasteiger charge is 2.26. The summed E-state index contributed by atoms with van der Waals surface area (Å²) in [5.74, 6) is 0.724. The predicted octanol–water partition coefficient (Wildman–Crippen LogP) is 3.32. The first-order chi connectivity index (χ1) is 8.97. The Morgan fingerprint density at radius 3 is 2.58 bits per heavy atom. The third-order valence-electron chi connectivity index (χ3n) is 4.47. The van der Waals surface area contributed by atoms with E-state index >= 15 is 0 Å². The second-order valence-electron chi connectivity index (χ2n) is 6.94. The quantitative estimate of drug-likeness (QED) is 0.897. The second-order valence-corrected chi connectivity index (χ2v) is 6.94. The molecule has 106 valence electrons. The molecule has 0 aromatic heterocycles.